The summed E-state index contributed by atoms with van der Waals surface area (Å²) in [6.45, 7) is 1.89. The van der Waals surface area contributed by atoms with Crippen LogP contribution >= 0.6 is 15.9 Å². The first-order valence-electron chi connectivity index (χ1n) is 5.29. The van der Waals surface area contributed by atoms with E-state index in [1.54, 1.807) is 6.07 Å². The number of carbonyl (C=O) groups is 2. The second kappa shape index (κ2) is 4.49. The smallest absolute Gasteiger partial charge is 0.307 e. The van der Waals surface area contributed by atoms with E-state index in [0.29, 0.717) is 6.42 Å². The predicted octanol–water partition coefficient (Wildman–Crippen LogP) is 2.42. The maximum atomic E-state index is 11.8. The zero-order chi connectivity index (χ0) is 12.6. The standard InChI is InChI=1S/C12H12BrNO3/c1-6-9(13)3-2-4-10(6)14-11(15)7-5-8(7)12(16)17/h2-4,7-8H,5H2,1H3,(H,14,15)(H,16,17). The average molecular weight is 298 g/mol. The minimum absolute atomic E-state index is 0.210. The number of amides is 1. The number of carbonyl (C=O) groups excluding carboxylic acids is 1. The lowest BCUT2D eigenvalue weighted by molar-refractivity contribution is -0.139. The Hall–Kier alpha value is -1.36. The molecule has 1 fully saturated rings. The number of halogens is 1. The molecular formula is C12H12BrNO3. The molecule has 2 atom stereocenters. The Morgan fingerprint density at radius 3 is 2.71 bits per heavy atom. The second-order valence-electron chi connectivity index (χ2n) is 4.19. The maximum absolute atomic E-state index is 11.8. The number of hydrogen-bond donors (Lipinski definition) is 2. The van der Waals surface area contributed by atoms with Crippen molar-refractivity contribution in [3.05, 3.63) is 28.2 Å². The first kappa shape index (κ1) is 12.1. The first-order chi connectivity index (χ1) is 8.00. The van der Waals surface area contributed by atoms with E-state index in [2.05, 4.69) is 21.2 Å². The third-order valence-corrected chi connectivity index (χ3v) is 3.83. The molecule has 1 aromatic carbocycles. The molecular weight excluding hydrogens is 286 g/mol. The van der Waals surface area contributed by atoms with Gasteiger partial charge in [0, 0.05) is 10.2 Å². The number of anilines is 1. The highest BCUT2D eigenvalue weighted by Gasteiger charge is 2.48. The van der Waals surface area contributed by atoms with Crippen LogP contribution in [0, 0.1) is 18.8 Å². The van der Waals surface area contributed by atoms with E-state index >= 15 is 0 Å². The van der Waals surface area contributed by atoms with Gasteiger partial charge in [0.05, 0.1) is 11.8 Å². The summed E-state index contributed by atoms with van der Waals surface area (Å²) in [6, 6.07) is 5.52. The lowest BCUT2D eigenvalue weighted by Crippen LogP contribution is -2.17. The van der Waals surface area contributed by atoms with E-state index in [-0.39, 0.29) is 11.8 Å². The van der Waals surface area contributed by atoms with Crippen LogP contribution in [-0.2, 0) is 9.59 Å². The highest BCUT2D eigenvalue weighted by Crippen LogP contribution is 2.39. The lowest BCUT2D eigenvalue weighted by atomic mass is 10.2. The molecule has 0 bridgehead atoms. The van der Waals surface area contributed by atoms with E-state index in [9.17, 15) is 9.59 Å². The molecule has 5 heteroatoms. The summed E-state index contributed by atoms with van der Waals surface area (Å²) in [6.07, 6.45) is 0.439. The van der Waals surface area contributed by atoms with E-state index in [1.807, 2.05) is 19.1 Å². The van der Waals surface area contributed by atoms with Crippen LogP contribution in [0.1, 0.15) is 12.0 Å². The fraction of sp³-hybridized carbons (Fsp3) is 0.333. The Morgan fingerprint density at radius 1 is 1.41 bits per heavy atom. The molecule has 1 saturated carbocycles. The summed E-state index contributed by atoms with van der Waals surface area (Å²) < 4.78 is 0.917. The molecule has 0 heterocycles. The zero-order valence-corrected chi connectivity index (χ0v) is 10.8. The van der Waals surface area contributed by atoms with E-state index in [1.165, 1.54) is 0 Å². The topological polar surface area (TPSA) is 66.4 Å². The number of nitrogens with one attached hydrogen (secondary N) is 1. The highest BCUT2D eigenvalue weighted by atomic mass is 79.9. The van der Waals surface area contributed by atoms with E-state index in [0.717, 1.165) is 15.7 Å². The van der Waals surface area contributed by atoms with Gasteiger partial charge >= 0.3 is 5.97 Å². The molecule has 0 aromatic heterocycles. The Balaban J connectivity index is 2.05. The molecule has 2 unspecified atom stereocenters. The van der Waals surface area contributed by atoms with Crippen molar-refractivity contribution in [2.24, 2.45) is 11.8 Å². The second-order valence-corrected chi connectivity index (χ2v) is 5.04. The van der Waals surface area contributed by atoms with Gasteiger partial charge in [-0.3, -0.25) is 9.59 Å². The van der Waals surface area contributed by atoms with Gasteiger partial charge < -0.3 is 10.4 Å². The monoisotopic (exact) mass is 297 g/mol. The zero-order valence-electron chi connectivity index (χ0n) is 9.24. The summed E-state index contributed by atoms with van der Waals surface area (Å²) >= 11 is 3.38. The van der Waals surface area contributed by atoms with Crippen molar-refractivity contribution in [2.75, 3.05) is 5.32 Å². The molecule has 0 aliphatic heterocycles. The minimum atomic E-state index is -0.892. The van der Waals surface area contributed by atoms with E-state index < -0.39 is 11.9 Å². The normalized spacial score (nSPS) is 22.0. The van der Waals surface area contributed by atoms with Crippen molar-refractivity contribution in [3.8, 4) is 0 Å². The summed E-state index contributed by atoms with van der Waals surface area (Å²) in [5.74, 6) is -2.00. The molecule has 17 heavy (non-hydrogen) atoms. The van der Waals surface area contributed by atoms with Crippen molar-refractivity contribution in [2.45, 2.75) is 13.3 Å². The van der Waals surface area contributed by atoms with Gasteiger partial charge in [-0.1, -0.05) is 22.0 Å². The minimum Gasteiger partial charge on any atom is -0.481 e. The third kappa shape index (κ3) is 2.49. The van der Waals surface area contributed by atoms with Crippen LogP contribution in [0.25, 0.3) is 0 Å². The molecule has 1 aliphatic carbocycles. The fourth-order valence-electron chi connectivity index (χ4n) is 1.73. The van der Waals surface area contributed by atoms with Gasteiger partial charge in [-0.05, 0) is 31.0 Å². The molecule has 2 rings (SSSR count). The van der Waals surface area contributed by atoms with Gasteiger partial charge in [0.1, 0.15) is 0 Å². The Morgan fingerprint density at radius 2 is 2.12 bits per heavy atom. The Bertz CT molecular complexity index is 487. The Labute approximate surface area is 107 Å². The molecule has 1 amide bonds. The summed E-state index contributed by atoms with van der Waals surface area (Å²) in [7, 11) is 0. The van der Waals surface area contributed by atoms with Crippen molar-refractivity contribution in [1.29, 1.82) is 0 Å². The quantitative estimate of drug-likeness (QED) is 0.900. The number of rotatable bonds is 3. The van der Waals surface area contributed by atoms with Gasteiger partial charge in [-0.25, -0.2) is 0 Å². The summed E-state index contributed by atoms with van der Waals surface area (Å²) in [5, 5.41) is 11.5. The number of benzene rings is 1. The first-order valence-corrected chi connectivity index (χ1v) is 6.09. The molecule has 0 spiro atoms. The molecule has 2 N–H and O–H groups in total. The van der Waals surface area contributed by atoms with Gasteiger partial charge in [-0.2, -0.15) is 0 Å². The van der Waals surface area contributed by atoms with Crippen LogP contribution in [0.15, 0.2) is 22.7 Å². The summed E-state index contributed by atoms with van der Waals surface area (Å²) in [5.41, 5.74) is 1.66. The number of carboxylic acids is 1. The Kier molecular flexibility index (Phi) is 3.19. The van der Waals surface area contributed by atoms with Crippen LogP contribution in [0.5, 0.6) is 0 Å². The summed E-state index contributed by atoms with van der Waals surface area (Å²) in [4.78, 5) is 22.4. The van der Waals surface area contributed by atoms with Gasteiger partial charge in [-0.15, -0.1) is 0 Å². The molecule has 90 valence electrons. The van der Waals surface area contributed by atoms with Crippen LogP contribution in [-0.4, -0.2) is 17.0 Å². The highest BCUT2D eigenvalue weighted by molar-refractivity contribution is 9.10. The third-order valence-electron chi connectivity index (χ3n) is 2.97. The molecule has 1 aromatic rings. The SMILES string of the molecule is Cc1c(Br)cccc1NC(=O)C1CC1C(=O)O. The van der Waals surface area contributed by atoms with E-state index in [4.69, 9.17) is 5.11 Å². The van der Waals surface area contributed by atoms with Crippen molar-refractivity contribution in [3.63, 3.8) is 0 Å². The van der Waals surface area contributed by atoms with Crippen LogP contribution in [0.2, 0.25) is 0 Å². The molecule has 1 aliphatic rings. The van der Waals surface area contributed by atoms with Crippen molar-refractivity contribution in [1.82, 2.24) is 0 Å². The van der Waals surface area contributed by atoms with Crippen LogP contribution < -0.4 is 5.32 Å². The predicted molar refractivity (Wildman–Crippen MR) is 66.7 cm³/mol. The largest absolute Gasteiger partial charge is 0.481 e. The molecule has 0 saturated heterocycles. The number of carboxylic acid groups (broad SMARTS) is 1. The fourth-order valence-corrected chi connectivity index (χ4v) is 2.09. The lowest BCUT2D eigenvalue weighted by Gasteiger charge is -2.09. The van der Waals surface area contributed by atoms with Crippen molar-refractivity contribution < 1.29 is 14.7 Å². The van der Waals surface area contributed by atoms with Gasteiger partial charge in [0.2, 0.25) is 5.91 Å². The number of aliphatic carboxylic acids is 1. The van der Waals surface area contributed by atoms with Gasteiger partial charge in [0.25, 0.3) is 0 Å². The number of hydrogen-bond acceptors (Lipinski definition) is 2. The average Bonchev–Trinajstić information content (AvgIpc) is 3.04. The van der Waals surface area contributed by atoms with Crippen LogP contribution in [0.3, 0.4) is 0 Å². The maximum Gasteiger partial charge on any atom is 0.307 e. The van der Waals surface area contributed by atoms with Gasteiger partial charge in [0.15, 0.2) is 0 Å². The van der Waals surface area contributed by atoms with Crippen LogP contribution in [0.4, 0.5) is 5.69 Å². The molecule has 0 radical (unpaired) electrons. The van der Waals surface area contributed by atoms with Crippen molar-refractivity contribution >= 4 is 33.5 Å². The molecule has 4 nitrogen and oxygen atoms in total.